The molecule has 20 heavy (non-hydrogen) atoms. The van der Waals surface area contributed by atoms with E-state index in [-0.39, 0.29) is 6.61 Å². The molecule has 4 heteroatoms. The first-order valence-corrected chi connectivity index (χ1v) is 6.89. The Morgan fingerprint density at radius 3 is 2.85 bits per heavy atom. The maximum Gasteiger partial charge on any atom is 0.138 e. The number of pyridine rings is 1. The minimum Gasteiger partial charge on any atom is -0.381 e. The van der Waals surface area contributed by atoms with Crippen LogP contribution in [0, 0.1) is 0 Å². The van der Waals surface area contributed by atoms with Crippen molar-refractivity contribution >= 4 is 10.9 Å². The molecule has 108 valence electrons. The van der Waals surface area contributed by atoms with Gasteiger partial charge in [0.05, 0.1) is 12.1 Å². The number of benzene rings is 1. The second-order valence-electron chi connectivity index (χ2n) is 5.14. The number of fused-ring (bicyclic) bond motifs is 1. The van der Waals surface area contributed by atoms with Gasteiger partial charge < -0.3 is 10.5 Å². The summed E-state index contributed by atoms with van der Waals surface area (Å²) >= 11 is 0. The summed E-state index contributed by atoms with van der Waals surface area (Å²) in [5, 5.41) is 1.00. The molecule has 1 heterocycles. The molecule has 1 unspecified atom stereocenters. The van der Waals surface area contributed by atoms with E-state index in [4.69, 9.17) is 10.5 Å². The van der Waals surface area contributed by atoms with E-state index in [1.807, 2.05) is 30.3 Å². The van der Waals surface area contributed by atoms with Gasteiger partial charge in [-0.1, -0.05) is 18.2 Å². The summed E-state index contributed by atoms with van der Waals surface area (Å²) in [4.78, 5) is 4.31. The van der Waals surface area contributed by atoms with Gasteiger partial charge in [-0.2, -0.15) is 0 Å². The Labute approximate surface area is 119 Å². The highest BCUT2D eigenvalue weighted by Crippen LogP contribution is 2.27. The average Bonchev–Trinajstić information content (AvgIpc) is 2.46. The van der Waals surface area contributed by atoms with E-state index in [0.29, 0.717) is 25.8 Å². The van der Waals surface area contributed by atoms with Crippen LogP contribution in [0.15, 0.2) is 36.5 Å². The Kier molecular flexibility index (Phi) is 5.04. The molecular weight excluding hydrogens is 255 g/mol. The van der Waals surface area contributed by atoms with E-state index < -0.39 is 5.67 Å². The number of halogens is 1. The zero-order chi connectivity index (χ0) is 14.4. The van der Waals surface area contributed by atoms with Gasteiger partial charge in [-0.3, -0.25) is 4.98 Å². The molecule has 0 fully saturated rings. The lowest BCUT2D eigenvalue weighted by Crippen LogP contribution is -2.32. The van der Waals surface area contributed by atoms with Crippen LogP contribution in [0.4, 0.5) is 4.39 Å². The number of para-hydroxylation sites is 1. The van der Waals surface area contributed by atoms with Crippen molar-refractivity contribution in [3.8, 4) is 0 Å². The standard InChI is InChI=1S/C16H21FN2O/c1-20-12-16(17,8-4-9-18)11-13-7-10-19-15-6-3-2-5-14(13)15/h2-3,5-7,10H,4,8-9,11-12,18H2,1H3. The molecule has 2 N–H and O–H groups in total. The Bertz CT molecular complexity index is 556. The molecule has 2 rings (SSSR count). The van der Waals surface area contributed by atoms with Gasteiger partial charge in [0.25, 0.3) is 0 Å². The molecular formula is C16H21FN2O. The second-order valence-corrected chi connectivity index (χ2v) is 5.14. The molecule has 2 aromatic rings. The van der Waals surface area contributed by atoms with Gasteiger partial charge in [0.1, 0.15) is 5.67 Å². The van der Waals surface area contributed by atoms with Crippen LogP contribution in [0.2, 0.25) is 0 Å². The molecule has 0 aliphatic heterocycles. The van der Waals surface area contributed by atoms with Gasteiger partial charge in [-0.25, -0.2) is 4.39 Å². The first-order chi connectivity index (χ1) is 9.68. The van der Waals surface area contributed by atoms with Gasteiger partial charge >= 0.3 is 0 Å². The number of nitrogens with two attached hydrogens (primary N) is 1. The van der Waals surface area contributed by atoms with Crippen molar-refractivity contribution in [2.24, 2.45) is 5.73 Å². The molecule has 0 aliphatic rings. The van der Waals surface area contributed by atoms with Crippen molar-refractivity contribution in [1.82, 2.24) is 4.98 Å². The molecule has 0 saturated carbocycles. The number of rotatable bonds is 7. The van der Waals surface area contributed by atoms with Gasteiger partial charge in [-0.15, -0.1) is 0 Å². The van der Waals surface area contributed by atoms with Crippen molar-refractivity contribution in [3.05, 3.63) is 42.1 Å². The lowest BCUT2D eigenvalue weighted by atomic mass is 9.91. The van der Waals surface area contributed by atoms with Crippen LogP contribution in [0.1, 0.15) is 18.4 Å². The van der Waals surface area contributed by atoms with E-state index in [0.717, 1.165) is 16.5 Å². The summed E-state index contributed by atoms with van der Waals surface area (Å²) in [6.07, 6.45) is 3.12. The number of aromatic nitrogens is 1. The number of alkyl halides is 1. The Morgan fingerprint density at radius 1 is 1.30 bits per heavy atom. The molecule has 0 bridgehead atoms. The predicted octanol–water partition coefficient (Wildman–Crippen LogP) is 2.87. The Hall–Kier alpha value is -1.52. The van der Waals surface area contributed by atoms with Crippen molar-refractivity contribution in [3.63, 3.8) is 0 Å². The van der Waals surface area contributed by atoms with Crippen molar-refractivity contribution < 1.29 is 9.13 Å². The smallest absolute Gasteiger partial charge is 0.138 e. The summed E-state index contributed by atoms with van der Waals surface area (Å²) in [5.41, 5.74) is 5.98. The van der Waals surface area contributed by atoms with Crippen LogP contribution in [0.5, 0.6) is 0 Å². The van der Waals surface area contributed by atoms with Crippen molar-refractivity contribution in [1.29, 1.82) is 0 Å². The van der Waals surface area contributed by atoms with Crippen LogP contribution in [0.3, 0.4) is 0 Å². The minimum atomic E-state index is -1.38. The Balaban J connectivity index is 2.28. The maximum atomic E-state index is 15.0. The predicted molar refractivity (Wildman–Crippen MR) is 79.5 cm³/mol. The van der Waals surface area contributed by atoms with Crippen LogP contribution >= 0.6 is 0 Å². The average molecular weight is 276 g/mol. The fourth-order valence-corrected chi connectivity index (χ4v) is 2.54. The molecule has 0 saturated heterocycles. The van der Waals surface area contributed by atoms with Gasteiger partial charge in [0, 0.05) is 25.1 Å². The monoisotopic (exact) mass is 276 g/mol. The van der Waals surface area contributed by atoms with Crippen molar-refractivity contribution in [2.45, 2.75) is 24.9 Å². The second kappa shape index (κ2) is 6.77. The zero-order valence-electron chi connectivity index (χ0n) is 11.8. The third-order valence-corrected chi connectivity index (χ3v) is 3.48. The number of hydrogen-bond acceptors (Lipinski definition) is 3. The van der Waals surface area contributed by atoms with Gasteiger partial charge in [0.15, 0.2) is 0 Å². The van der Waals surface area contributed by atoms with Gasteiger partial charge in [0.2, 0.25) is 0 Å². The summed E-state index contributed by atoms with van der Waals surface area (Å²) < 4.78 is 20.0. The summed E-state index contributed by atoms with van der Waals surface area (Å²) in [5.74, 6) is 0. The summed E-state index contributed by atoms with van der Waals surface area (Å²) in [6, 6.07) is 9.69. The third kappa shape index (κ3) is 3.52. The number of ether oxygens (including phenoxy) is 1. The highest BCUT2D eigenvalue weighted by Gasteiger charge is 2.30. The Morgan fingerprint density at radius 2 is 2.10 bits per heavy atom. The molecule has 0 aliphatic carbocycles. The van der Waals surface area contributed by atoms with E-state index in [9.17, 15) is 4.39 Å². The molecule has 0 radical (unpaired) electrons. The largest absolute Gasteiger partial charge is 0.381 e. The maximum absolute atomic E-state index is 15.0. The highest BCUT2D eigenvalue weighted by molar-refractivity contribution is 5.81. The van der Waals surface area contributed by atoms with E-state index in [1.165, 1.54) is 7.11 Å². The van der Waals surface area contributed by atoms with E-state index >= 15 is 0 Å². The minimum absolute atomic E-state index is 0.0870. The van der Waals surface area contributed by atoms with E-state index in [2.05, 4.69) is 4.98 Å². The quantitative estimate of drug-likeness (QED) is 0.846. The molecule has 0 spiro atoms. The number of hydrogen-bond donors (Lipinski definition) is 1. The lowest BCUT2D eigenvalue weighted by molar-refractivity contribution is 0.0336. The van der Waals surface area contributed by atoms with Crippen molar-refractivity contribution in [2.75, 3.05) is 20.3 Å². The first kappa shape index (κ1) is 14.9. The molecule has 3 nitrogen and oxygen atoms in total. The fraction of sp³-hybridized carbons (Fsp3) is 0.438. The summed E-state index contributed by atoms with van der Waals surface area (Å²) in [7, 11) is 1.53. The van der Waals surface area contributed by atoms with Crippen LogP contribution in [-0.2, 0) is 11.2 Å². The third-order valence-electron chi connectivity index (χ3n) is 3.48. The van der Waals surface area contributed by atoms with Crippen LogP contribution in [0.25, 0.3) is 10.9 Å². The molecule has 0 amide bonds. The van der Waals surface area contributed by atoms with Crippen LogP contribution < -0.4 is 5.73 Å². The molecule has 1 aromatic heterocycles. The molecule has 1 atom stereocenters. The normalized spacial score (nSPS) is 14.3. The molecule has 1 aromatic carbocycles. The zero-order valence-corrected chi connectivity index (χ0v) is 11.8. The van der Waals surface area contributed by atoms with E-state index in [1.54, 1.807) is 6.20 Å². The fourth-order valence-electron chi connectivity index (χ4n) is 2.54. The van der Waals surface area contributed by atoms with Crippen LogP contribution in [-0.4, -0.2) is 30.9 Å². The SMILES string of the molecule is COCC(F)(CCCN)Cc1ccnc2ccccc12. The highest BCUT2D eigenvalue weighted by atomic mass is 19.1. The van der Waals surface area contributed by atoms with Gasteiger partial charge in [-0.05, 0) is 37.1 Å². The summed E-state index contributed by atoms with van der Waals surface area (Å²) in [6.45, 7) is 0.579. The lowest BCUT2D eigenvalue weighted by Gasteiger charge is -2.25. The number of nitrogens with zero attached hydrogens (tertiary/aromatic N) is 1. The first-order valence-electron chi connectivity index (χ1n) is 6.89. The topological polar surface area (TPSA) is 48.1 Å². The number of methoxy groups -OCH3 is 1.